The Balaban J connectivity index is 1.62. The zero-order valence-electron chi connectivity index (χ0n) is 15.3. The Kier molecular flexibility index (Phi) is 5.04. The van der Waals surface area contributed by atoms with Gasteiger partial charge in [0.05, 0.1) is 22.5 Å². The van der Waals surface area contributed by atoms with E-state index in [2.05, 4.69) is 25.5 Å². The van der Waals surface area contributed by atoms with Crippen LogP contribution in [0.15, 0.2) is 71.9 Å². The molecular formula is C20H16ClN5O2S. The largest absolute Gasteiger partial charge is 0.324 e. The average molecular weight is 426 g/mol. The highest BCUT2D eigenvalue weighted by Gasteiger charge is 2.12. The van der Waals surface area contributed by atoms with Gasteiger partial charge in [-0.1, -0.05) is 23.7 Å². The van der Waals surface area contributed by atoms with E-state index in [4.69, 9.17) is 11.6 Å². The smallest absolute Gasteiger partial charge is 0.227 e. The number of nitrogens with one attached hydrogen (secondary N) is 2. The summed E-state index contributed by atoms with van der Waals surface area (Å²) in [5, 5.41) is 10.9. The van der Waals surface area contributed by atoms with Crippen molar-refractivity contribution in [1.29, 1.82) is 0 Å². The summed E-state index contributed by atoms with van der Waals surface area (Å²) in [5.74, 6) is 0.387. The van der Waals surface area contributed by atoms with Crippen molar-refractivity contribution in [3.8, 4) is 22.5 Å². The Hall–Kier alpha value is -3.23. The van der Waals surface area contributed by atoms with Crippen LogP contribution in [0.25, 0.3) is 22.5 Å². The molecule has 0 saturated carbocycles. The first-order valence-electron chi connectivity index (χ1n) is 8.60. The number of sulfone groups is 1. The lowest BCUT2D eigenvalue weighted by molar-refractivity contribution is 0.602. The first kappa shape index (κ1) is 19.1. The monoisotopic (exact) mass is 425 g/mol. The van der Waals surface area contributed by atoms with Gasteiger partial charge in [0.1, 0.15) is 0 Å². The molecule has 4 aromatic rings. The van der Waals surface area contributed by atoms with Gasteiger partial charge >= 0.3 is 0 Å². The first-order chi connectivity index (χ1) is 13.9. The number of anilines is 2. The topological polar surface area (TPSA) is 101 Å². The van der Waals surface area contributed by atoms with Gasteiger partial charge in [-0.15, -0.1) is 0 Å². The molecule has 2 aromatic carbocycles. The minimum Gasteiger partial charge on any atom is -0.324 e. The number of hydrogen-bond donors (Lipinski definition) is 2. The molecule has 7 nitrogen and oxygen atoms in total. The molecule has 0 aliphatic rings. The van der Waals surface area contributed by atoms with Crippen LogP contribution in [0.5, 0.6) is 0 Å². The van der Waals surface area contributed by atoms with Gasteiger partial charge in [0, 0.05) is 34.3 Å². The molecule has 29 heavy (non-hydrogen) atoms. The maximum atomic E-state index is 11.6. The number of nitrogens with zero attached hydrogens (tertiary/aromatic N) is 3. The normalized spacial score (nSPS) is 11.4. The van der Waals surface area contributed by atoms with Gasteiger partial charge in [0.25, 0.3) is 0 Å². The van der Waals surface area contributed by atoms with E-state index in [9.17, 15) is 8.42 Å². The van der Waals surface area contributed by atoms with Crippen molar-refractivity contribution in [3.05, 3.63) is 72.0 Å². The molecule has 0 amide bonds. The van der Waals surface area contributed by atoms with Gasteiger partial charge in [0.15, 0.2) is 9.84 Å². The van der Waals surface area contributed by atoms with Gasteiger partial charge < -0.3 is 5.32 Å². The molecule has 2 aromatic heterocycles. The summed E-state index contributed by atoms with van der Waals surface area (Å²) in [6.07, 6.45) is 4.52. The van der Waals surface area contributed by atoms with Crippen molar-refractivity contribution < 1.29 is 8.42 Å². The van der Waals surface area contributed by atoms with Crippen molar-refractivity contribution in [2.24, 2.45) is 0 Å². The number of hydrogen-bond acceptors (Lipinski definition) is 6. The van der Waals surface area contributed by atoms with E-state index in [-0.39, 0.29) is 4.90 Å². The molecule has 9 heteroatoms. The fourth-order valence-electron chi connectivity index (χ4n) is 2.80. The highest BCUT2D eigenvalue weighted by Crippen LogP contribution is 2.30. The van der Waals surface area contributed by atoms with Crippen molar-refractivity contribution >= 4 is 33.1 Å². The third kappa shape index (κ3) is 4.28. The molecule has 0 saturated heterocycles. The van der Waals surface area contributed by atoms with Crippen LogP contribution in [0, 0.1) is 0 Å². The van der Waals surface area contributed by atoms with Gasteiger partial charge in [-0.3, -0.25) is 5.10 Å². The summed E-state index contributed by atoms with van der Waals surface area (Å²) in [4.78, 5) is 9.05. The van der Waals surface area contributed by atoms with Crippen molar-refractivity contribution in [2.75, 3.05) is 11.6 Å². The van der Waals surface area contributed by atoms with Crippen LogP contribution in [0.4, 0.5) is 11.6 Å². The Labute approximate surface area is 172 Å². The molecule has 2 N–H and O–H groups in total. The van der Waals surface area contributed by atoms with Crippen LogP contribution >= 0.6 is 11.6 Å². The molecule has 0 unspecified atom stereocenters. The van der Waals surface area contributed by atoms with E-state index in [0.29, 0.717) is 22.4 Å². The van der Waals surface area contributed by atoms with Crippen LogP contribution in [-0.4, -0.2) is 34.8 Å². The van der Waals surface area contributed by atoms with Gasteiger partial charge in [-0.25, -0.2) is 18.4 Å². The van der Waals surface area contributed by atoms with Crippen LogP contribution in [0.1, 0.15) is 0 Å². The molecule has 0 aliphatic carbocycles. The van der Waals surface area contributed by atoms with Crippen LogP contribution < -0.4 is 5.32 Å². The number of rotatable bonds is 5. The van der Waals surface area contributed by atoms with Crippen molar-refractivity contribution in [3.63, 3.8) is 0 Å². The first-order valence-corrected chi connectivity index (χ1v) is 10.9. The molecule has 4 rings (SSSR count). The van der Waals surface area contributed by atoms with E-state index in [1.807, 2.05) is 24.3 Å². The predicted octanol–water partition coefficient (Wildman–Crippen LogP) is 4.33. The fraction of sp³-hybridized carbons (Fsp3) is 0.0500. The molecule has 2 heterocycles. The lowest BCUT2D eigenvalue weighted by atomic mass is 10.1. The number of aromatic nitrogens is 4. The summed E-state index contributed by atoms with van der Waals surface area (Å²) in [5.41, 5.74) is 3.95. The molecule has 0 radical (unpaired) electrons. The maximum absolute atomic E-state index is 11.6. The SMILES string of the molecule is CS(=O)(=O)c1ccc(Nc2nccc(-c3cn[nH]c3-c3ccc(Cl)cc3)n2)cc1. The summed E-state index contributed by atoms with van der Waals surface area (Å²) in [6, 6.07) is 15.6. The van der Waals surface area contributed by atoms with Gasteiger partial charge in [-0.2, -0.15) is 5.10 Å². The highest BCUT2D eigenvalue weighted by atomic mass is 35.5. The van der Waals surface area contributed by atoms with Crippen LogP contribution in [-0.2, 0) is 9.84 Å². The maximum Gasteiger partial charge on any atom is 0.227 e. The van der Waals surface area contributed by atoms with Crippen molar-refractivity contribution in [2.45, 2.75) is 4.90 Å². The number of aromatic amines is 1. The summed E-state index contributed by atoms with van der Waals surface area (Å²) in [7, 11) is -3.24. The minimum atomic E-state index is -3.24. The average Bonchev–Trinajstić information content (AvgIpc) is 3.18. The van der Waals surface area contributed by atoms with Gasteiger partial charge in [0.2, 0.25) is 5.95 Å². The van der Waals surface area contributed by atoms with E-state index in [0.717, 1.165) is 16.8 Å². The zero-order chi connectivity index (χ0) is 20.4. The molecule has 0 fully saturated rings. The standard InChI is InChI=1S/C20H16ClN5O2S/c1-29(27,28)16-8-6-15(7-9-16)24-20-22-11-10-18(25-20)17-12-23-26-19(17)13-2-4-14(21)5-3-13/h2-12H,1H3,(H,23,26)(H,22,24,25). The zero-order valence-corrected chi connectivity index (χ0v) is 16.9. The van der Waals surface area contributed by atoms with E-state index in [1.165, 1.54) is 18.4 Å². The van der Waals surface area contributed by atoms with Crippen LogP contribution in [0.2, 0.25) is 5.02 Å². The van der Waals surface area contributed by atoms with Gasteiger partial charge in [-0.05, 0) is 42.5 Å². The minimum absolute atomic E-state index is 0.253. The second kappa shape index (κ2) is 7.65. The Bertz CT molecular complexity index is 1250. The molecule has 146 valence electrons. The highest BCUT2D eigenvalue weighted by molar-refractivity contribution is 7.90. The third-order valence-corrected chi connectivity index (χ3v) is 5.62. The quantitative estimate of drug-likeness (QED) is 0.493. The Morgan fingerprint density at radius 1 is 1.00 bits per heavy atom. The van der Waals surface area contributed by atoms with E-state index < -0.39 is 9.84 Å². The second-order valence-corrected chi connectivity index (χ2v) is 8.80. The number of H-pyrrole nitrogens is 1. The molecule has 0 spiro atoms. The van der Waals surface area contributed by atoms with E-state index >= 15 is 0 Å². The summed E-state index contributed by atoms with van der Waals surface area (Å²) >= 11 is 5.97. The summed E-state index contributed by atoms with van der Waals surface area (Å²) < 4.78 is 23.2. The number of halogens is 1. The lowest BCUT2D eigenvalue weighted by Crippen LogP contribution is -2.00. The predicted molar refractivity (Wildman–Crippen MR) is 113 cm³/mol. The fourth-order valence-corrected chi connectivity index (χ4v) is 3.56. The lowest BCUT2D eigenvalue weighted by Gasteiger charge is -2.08. The Morgan fingerprint density at radius 3 is 2.41 bits per heavy atom. The second-order valence-electron chi connectivity index (χ2n) is 6.35. The summed E-state index contributed by atoms with van der Waals surface area (Å²) in [6.45, 7) is 0. The molecule has 0 atom stereocenters. The van der Waals surface area contributed by atoms with Crippen LogP contribution in [0.3, 0.4) is 0 Å². The molecular weight excluding hydrogens is 410 g/mol. The third-order valence-electron chi connectivity index (χ3n) is 4.24. The number of benzene rings is 2. The Morgan fingerprint density at radius 2 is 1.72 bits per heavy atom. The van der Waals surface area contributed by atoms with E-state index in [1.54, 1.807) is 30.6 Å². The van der Waals surface area contributed by atoms with Crippen molar-refractivity contribution in [1.82, 2.24) is 20.2 Å². The molecule has 0 bridgehead atoms. The molecule has 0 aliphatic heterocycles.